The van der Waals surface area contributed by atoms with Gasteiger partial charge in [-0.25, -0.2) is 0 Å². The van der Waals surface area contributed by atoms with Crippen LogP contribution >= 0.6 is 15.9 Å². The summed E-state index contributed by atoms with van der Waals surface area (Å²) in [5.74, 6) is -0.0707. The lowest BCUT2D eigenvalue weighted by Gasteiger charge is -2.17. The van der Waals surface area contributed by atoms with Crippen LogP contribution in [0, 0.1) is 5.92 Å². The number of allylic oxidation sites excluding steroid dienone is 5. The quantitative estimate of drug-likeness (QED) is 0.822. The normalized spacial score (nSPS) is 23.6. The largest absolute Gasteiger partial charge is 0.506 e. The van der Waals surface area contributed by atoms with E-state index in [1.807, 2.05) is 24.3 Å². The molecular formula is C13H14BrNO2. The van der Waals surface area contributed by atoms with E-state index in [2.05, 4.69) is 21.2 Å². The van der Waals surface area contributed by atoms with E-state index in [9.17, 15) is 9.90 Å². The summed E-state index contributed by atoms with van der Waals surface area (Å²) in [7, 11) is 0. The van der Waals surface area contributed by atoms with Crippen molar-refractivity contribution >= 4 is 21.8 Å². The van der Waals surface area contributed by atoms with Crippen molar-refractivity contribution in [3.63, 3.8) is 0 Å². The molecule has 4 heteroatoms. The fourth-order valence-electron chi connectivity index (χ4n) is 1.79. The maximum atomic E-state index is 11.9. The van der Waals surface area contributed by atoms with Gasteiger partial charge in [0, 0.05) is 4.48 Å². The highest BCUT2D eigenvalue weighted by Gasteiger charge is 2.19. The fourth-order valence-corrected chi connectivity index (χ4v) is 2.13. The Bertz CT molecular complexity index is 446. The highest BCUT2D eigenvalue weighted by Crippen LogP contribution is 2.21. The van der Waals surface area contributed by atoms with E-state index in [1.165, 1.54) is 0 Å². The molecule has 2 rings (SSSR count). The first-order valence-electron chi connectivity index (χ1n) is 5.61. The number of carbonyl (C=O) groups is 1. The molecule has 0 saturated heterocycles. The summed E-state index contributed by atoms with van der Waals surface area (Å²) in [6, 6.07) is 0. The third-order valence-electron chi connectivity index (χ3n) is 2.78. The Morgan fingerprint density at radius 1 is 1.35 bits per heavy atom. The second-order valence-electron chi connectivity index (χ2n) is 4.06. The second kappa shape index (κ2) is 5.36. The molecule has 0 radical (unpaired) electrons. The number of hydrogen-bond donors (Lipinski definition) is 2. The number of rotatable bonds is 2. The van der Waals surface area contributed by atoms with Crippen LogP contribution in [0.25, 0.3) is 0 Å². The van der Waals surface area contributed by atoms with Crippen LogP contribution in [0.1, 0.15) is 19.3 Å². The third-order valence-corrected chi connectivity index (χ3v) is 3.37. The Hall–Kier alpha value is -1.29. The van der Waals surface area contributed by atoms with E-state index < -0.39 is 0 Å². The van der Waals surface area contributed by atoms with Crippen LogP contribution in [0.3, 0.4) is 0 Å². The number of nitrogens with one attached hydrogen (secondary N) is 1. The molecule has 0 aromatic carbocycles. The number of carbonyl (C=O) groups excluding carboxylic acids is 1. The van der Waals surface area contributed by atoms with E-state index in [0.717, 1.165) is 17.3 Å². The molecule has 17 heavy (non-hydrogen) atoms. The zero-order valence-corrected chi connectivity index (χ0v) is 10.9. The lowest BCUT2D eigenvalue weighted by atomic mass is 9.99. The highest BCUT2D eigenvalue weighted by molar-refractivity contribution is 9.11. The van der Waals surface area contributed by atoms with E-state index >= 15 is 0 Å². The van der Waals surface area contributed by atoms with Crippen molar-refractivity contribution in [2.75, 3.05) is 0 Å². The molecule has 2 N–H and O–H groups in total. The maximum absolute atomic E-state index is 11.9. The van der Waals surface area contributed by atoms with Gasteiger partial charge in [-0.1, -0.05) is 40.2 Å². The van der Waals surface area contributed by atoms with Gasteiger partial charge in [0.15, 0.2) is 0 Å². The monoisotopic (exact) mass is 295 g/mol. The SMILES string of the molecule is O=C(NC1=CCCC=C1O)C1C=CC(Br)=CC1. The van der Waals surface area contributed by atoms with Gasteiger partial charge in [0.2, 0.25) is 5.91 Å². The summed E-state index contributed by atoms with van der Waals surface area (Å²) in [5, 5.41) is 12.4. The topological polar surface area (TPSA) is 49.3 Å². The third kappa shape index (κ3) is 3.09. The standard InChI is InChI=1S/C13H14BrNO2/c14-10-7-5-9(6-8-10)13(17)15-11-3-1-2-4-12(11)16/h3-5,7-9,16H,1-2,6H2,(H,15,17). The number of amides is 1. The van der Waals surface area contributed by atoms with Gasteiger partial charge in [-0.05, 0) is 25.3 Å². The number of halogens is 1. The van der Waals surface area contributed by atoms with Crippen molar-refractivity contribution in [2.45, 2.75) is 19.3 Å². The van der Waals surface area contributed by atoms with Crippen LogP contribution in [0.5, 0.6) is 0 Å². The summed E-state index contributed by atoms with van der Waals surface area (Å²) >= 11 is 3.36. The minimum atomic E-state index is -0.160. The predicted molar refractivity (Wildman–Crippen MR) is 70.4 cm³/mol. The molecule has 0 aromatic rings. The summed E-state index contributed by atoms with van der Waals surface area (Å²) in [5.41, 5.74) is 0.531. The fraction of sp³-hybridized carbons (Fsp3) is 0.308. The van der Waals surface area contributed by atoms with Crippen LogP contribution in [0.4, 0.5) is 0 Å². The Morgan fingerprint density at radius 2 is 2.12 bits per heavy atom. The molecule has 0 spiro atoms. The minimum absolute atomic E-state index is 0.0781. The molecule has 1 unspecified atom stereocenters. The summed E-state index contributed by atoms with van der Waals surface area (Å²) in [6.45, 7) is 0. The molecule has 3 nitrogen and oxygen atoms in total. The first kappa shape index (κ1) is 12.2. The molecule has 0 bridgehead atoms. The Balaban J connectivity index is 1.96. The number of hydrogen-bond acceptors (Lipinski definition) is 2. The zero-order valence-electron chi connectivity index (χ0n) is 9.32. The van der Waals surface area contributed by atoms with Crippen LogP contribution < -0.4 is 5.32 Å². The van der Waals surface area contributed by atoms with E-state index in [0.29, 0.717) is 12.1 Å². The Labute approximate surface area is 109 Å². The molecule has 1 atom stereocenters. The number of aliphatic hydroxyl groups excluding tert-OH is 1. The first-order valence-corrected chi connectivity index (χ1v) is 6.40. The van der Waals surface area contributed by atoms with Crippen LogP contribution in [-0.2, 0) is 4.79 Å². The second-order valence-corrected chi connectivity index (χ2v) is 4.98. The summed E-state index contributed by atoms with van der Waals surface area (Å²) < 4.78 is 1.00. The zero-order chi connectivity index (χ0) is 12.3. The van der Waals surface area contributed by atoms with Crippen LogP contribution in [0.15, 0.2) is 46.3 Å². The molecular weight excluding hydrogens is 282 g/mol. The highest BCUT2D eigenvalue weighted by atomic mass is 79.9. The molecule has 2 aliphatic rings. The van der Waals surface area contributed by atoms with E-state index in [-0.39, 0.29) is 17.6 Å². The van der Waals surface area contributed by atoms with Gasteiger partial charge >= 0.3 is 0 Å². The smallest absolute Gasteiger partial charge is 0.231 e. The average Bonchev–Trinajstić information content (AvgIpc) is 2.33. The van der Waals surface area contributed by atoms with Gasteiger partial charge in [0.05, 0.1) is 11.6 Å². The van der Waals surface area contributed by atoms with Gasteiger partial charge in [-0.3, -0.25) is 4.79 Å². The molecule has 0 aromatic heterocycles. The van der Waals surface area contributed by atoms with Gasteiger partial charge in [0.1, 0.15) is 5.76 Å². The lowest BCUT2D eigenvalue weighted by Crippen LogP contribution is -2.30. The van der Waals surface area contributed by atoms with Gasteiger partial charge < -0.3 is 10.4 Å². The van der Waals surface area contributed by atoms with Crippen molar-refractivity contribution in [3.05, 3.63) is 46.3 Å². The van der Waals surface area contributed by atoms with Gasteiger partial charge in [-0.2, -0.15) is 0 Å². The van der Waals surface area contributed by atoms with Crippen LogP contribution in [0.2, 0.25) is 0 Å². The van der Waals surface area contributed by atoms with E-state index in [1.54, 1.807) is 6.08 Å². The van der Waals surface area contributed by atoms with E-state index in [4.69, 9.17) is 0 Å². The minimum Gasteiger partial charge on any atom is -0.506 e. The summed E-state index contributed by atoms with van der Waals surface area (Å²) in [6.07, 6.45) is 11.6. The molecule has 0 saturated carbocycles. The van der Waals surface area contributed by atoms with Gasteiger partial charge in [-0.15, -0.1) is 0 Å². The lowest BCUT2D eigenvalue weighted by molar-refractivity contribution is -0.122. The first-order chi connectivity index (χ1) is 8.16. The Kier molecular flexibility index (Phi) is 3.84. The maximum Gasteiger partial charge on any atom is 0.231 e. The number of aliphatic hydroxyl groups is 1. The molecule has 2 aliphatic carbocycles. The summed E-state index contributed by atoms with van der Waals surface area (Å²) in [4.78, 5) is 11.9. The van der Waals surface area contributed by atoms with Crippen molar-refractivity contribution in [1.82, 2.24) is 5.32 Å². The average molecular weight is 296 g/mol. The Morgan fingerprint density at radius 3 is 2.76 bits per heavy atom. The van der Waals surface area contributed by atoms with Gasteiger partial charge in [0.25, 0.3) is 0 Å². The predicted octanol–water partition coefficient (Wildman–Crippen LogP) is 3.08. The van der Waals surface area contributed by atoms with Crippen molar-refractivity contribution in [2.24, 2.45) is 5.92 Å². The molecule has 1 amide bonds. The molecule has 90 valence electrons. The van der Waals surface area contributed by atoms with Crippen molar-refractivity contribution < 1.29 is 9.90 Å². The molecule has 0 aliphatic heterocycles. The molecule has 0 heterocycles. The van der Waals surface area contributed by atoms with Crippen molar-refractivity contribution in [1.29, 1.82) is 0 Å². The molecule has 0 fully saturated rings. The van der Waals surface area contributed by atoms with Crippen LogP contribution in [-0.4, -0.2) is 11.0 Å². The van der Waals surface area contributed by atoms with Crippen molar-refractivity contribution in [3.8, 4) is 0 Å².